The van der Waals surface area contributed by atoms with Gasteiger partial charge in [-0.15, -0.1) is 0 Å². The highest BCUT2D eigenvalue weighted by Gasteiger charge is 2.21. The molecule has 1 aliphatic heterocycles. The van der Waals surface area contributed by atoms with Gasteiger partial charge in [-0.05, 0) is 31.0 Å². The highest BCUT2D eigenvalue weighted by molar-refractivity contribution is 6.31. The molecule has 1 aliphatic rings. The fourth-order valence-corrected chi connectivity index (χ4v) is 2.42. The highest BCUT2D eigenvalue weighted by atomic mass is 35.5. The number of carbonyl (C=O) groups excluding carboxylic acids is 1. The van der Waals surface area contributed by atoms with E-state index >= 15 is 0 Å². The lowest BCUT2D eigenvalue weighted by atomic mass is 10.0. The van der Waals surface area contributed by atoms with Gasteiger partial charge in [0.1, 0.15) is 5.82 Å². The van der Waals surface area contributed by atoms with E-state index in [0.717, 1.165) is 25.9 Å². The van der Waals surface area contributed by atoms with Crippen LogP contribution in [0.3, 0.4) is 0 Å². The topological polar surface area (TPSA) is 56.1 Å². The molecule has 0 spiro atoms. The van der Waals surface area contributed by atoms with Crippen LogP contribution in [0.2, 0.25) is 5.02 Å². The average molecular weight is 296 g/mol. The summed E-state index contributed by atoms with van der Waals surface area (Å²) < 4.78 is 13.0. The zero-order valence-corrected chi connectivity index (χ0v) is 11.7. The van der Waals surface area contributed by atoms with Crippen LogP contribution in [-0.4, -0.2) is 36.5 Å². The predicted molar refractivity (Wildman–Crippen MR) is 74.0 cm³/mol. The molecule has 0 unspecified atom stereocenters. The summed E-state index contributed by atoms with van der Waals surface area (Å²) in [5.74, 6) is -0.779. The number of piperidine rings is 1. The lowest BCUT2D eigenvalue weighted by Crippen LogP contribution is -2.44. The number of nitriles is 1. The molecule has 0 aromatic heterocycles. The van der Waals surface area contributed by atoms with Crippen molar-refractivity contribution in [2.75, 3.05) is 19.6 Å². The monoisotopic (exact) mass is 295 g/mol. The van der Waals surface area contributed by atoms with Gasteiger partial charge in [0, 0.05) is 24.7 Å². The Morgan fingerprint density at radius 3 is 2.80 bits per heavy atom. The van der Waals surface area contributed by atoms with E-state index in [2.05, 4.69) is 16.3 Å². The van der Waals surface area contributed by atoms with E-state index in [0.29, 0.717) is 12.1 Å². The lowest BCUT2D eigenvalue weighted by molar-refractivity contribution is 0.0914. The maximum Gasteiger partial charge on any atom is 0.251 e. The van der Waals surface area contributed by atoms with Crippen molar-refractivity contribution in [3.63, 3.8) is 0 Å². The van der Waals surface area contributed by atoms with Crippen LogP contribution in [0.1, 0.15) is 23.2 Å². The van der Waals surface area contributed by atoms with Gasteiger partial charge in [-0.1, -0.05) is 11.6 Å². The number of rotatable bonds is 3. The Balaban J connectivity index is 1.89. The summed E-state index contributed by atoms with van der Waals surface area (Å²) in [6, 6.07) is 6.14. The number of likely N-dealkylation sites (tertiary alicyclic amines) is 1. The number of amides is 1. The van der Waals surface area contributed by atoms with Crippen LogP contribution in [0.5, 0.6) is 0 Å². The fraction of sp³-hybridized carbons (Fsp3) is 0.429. The third-order valence-corrected chi connectivity index (χ3v) is 3.69. The van der Waals surface area contributed by atoms with Gasteiger partial charge < -0.3 is 5.32 Å². The number of nitrogens with one attached hydrogen (secondary N) is 1. The van der Waals surface area contributed by atoms with Gasteiger partial charge in [0.25, 0.3) is 5.91 Å². The minimum atomic E-state index is -0.534. The second kappa shape index (κ2) is 6.69. The molecule has 0 saturated carbocycles. The van der Waals surface area contributed by atoms with Crippen LogP contribution in [-0.2, 0) is 0 Å². The molecule has 1 saturated heterocycles. The SMILES string of the molecule is N#CCN1CCC(NC(=O)c2ccc(F)c(Cl)c2)CC1. The fourth-order valence-electron chi connectivity index (χ4n) is 2.24. The molecule has 0 aliphatic carbocycles. The molecule has 1 aromatic carbocycles. The minimum absolute atomic E-state index is 0.0542. The quantitative estimate of drug-likeness (QED) is 0.870. The molecule has 1 aromatic rings. The smallest absolute Gasteiger partial charge is 0.251 e. The average Bonchev–Trinajstić information content (AvgIpc) is 2.44. The summed E-state index contributed by atoms with van der Waals surface area (Å²) in [4.78, 5) is 14.1. The molecule has 0 atom stereocenters. The maximum absolute atomic E-state index is 13.0. The molecule has 0 bridgehead atoms. The molecule has 4 nitrogen and oxygen atoms in total. The van der Waals surface area contributed by atoms with Crippen molar-refractivity contribution in [2.24, 2.45) is 0 Å². The van der Waals surface area contributed by atoms with E-state index in [1.54, 1.807) is 0 Å². The molecule has 2 rings (SSSR count). The normalized spacial score (nSPS) is 16.6. The van der Waals surface area contributed by atoms with Gasteiger partial charge in [-0.2, -0.15) is 5.26 Å². The number of halogens is 2. The van der Waals surface area contributed by atoms with Gasteiger partial charge in [0.05, 0.1) is 17.6 Å². The van der Waals surface area contributed by atoms with Crippen molar-refractivity contribution in [3.8, 4) is 6.07 Å². The molecule has 1 fully saturated rings. The summed E-state index contributed by atoms with van der Waals surface area (Å²) >= 11 is 5.66. The van der Waals surface area contributed by atoms with Gasteiger partial charge in [0.15, 0.2) is 0 Å². The predicted octanol–water partition coefficient (Wildman–Crippen LogP) is 2.20. The van der Waals surface area contributed by atoms with E-state index in [-0.39, 0.29) is 17.0 Å². The first-order valence-electron chi connectivity index (χ1n) is 6.45. The van der Waals surface area contributed by atoms with Crippen molar-refractivity contribution >= 4 is 17.5 Å². The molecule has 1 heterocycles. The molecular formula is C14H15ClFN3O. The Labute approximate surface area is 122 Å². The van der Waals surface area contributed by atoms with Gasteiger partial charge in [-0.3, -0.25) is 9.69 Å². The van der Waals surface area contributed by atoms with Crippen LogP contribution in [0.25, 0.3) is 0 Å². The van der Waals surface area contributed by atoms with Crippen molar-refractivity contribution in [1.82, 2.24) is 10.2 Å². The van der Waals surface area contributed by atoms with Gasteiger partial charge >= 0.3 is 0 Å². The molecule has 0 radical (unpaired) electrons. The standard InChI is InChI=1S/C14H15ClFN3O/c15-12-9-10(1-2-13(12)16)14(20)18-11-3-6-19(7-4-11)8-5-17/h1-2,9,11H,3-4,6-8H2,(H,18,20). The molecule has 6 heteroatoms. The van der Waals surface area contributed by atoms with Gasteiger partial charge in [-0.25, -0.2) is 4.39 Å². The Morgan fingerprint density at radius 1 is 1.50 bits per heavy atom. The third-order valence-electron chi connectivity index (χ3n) is 3.40. The van der Waals surface area contributed by atoms with Crippen LogP contribution in [0.4, 0.5) is 4.39 Å². The zero-order chi connectivity index (χ0) is 14.5. The largest absolute Gasteiger partial charge is 0.349 e. The maximum atomic E-state index is 13.0. The van der Waals surface area contributed by atoms with Crippen LogP contribution in [0.15, 0.2) is 18.2 Å². The molecule has 1 amide bonds. The van der Waals surface area contributed by atoms with Crippen molar-refractivity contribution in [2.45, 2.75) is 18.9 Å². The Kier molecular flexibility index (Phi) is 4.94. The van der Waals surface area contributed by atoms with Crippen LogP contribution < -0.4 is 5.32 Å². The van der Waals surface area contributed by atoms with Crippen molar-refractivity contribution in [1.29, 1.82) is 5.26 Å². The third kappa shape index (κ3) is 3.69. The number of hydrogen-bond donors (Lipinski definition) is 1. The van der Waals surface area contributed by atoms with Gasteiger partial charge in [0.2, 0.25) is 0 Å². The first kappa shape index (κ1) is 14.8. The summed E-state index contributed by atoms with van der Waals surface area (Å²) in [6.45, 7) is 2.01. The number of hydrogen-bond acceptors (Lipinski definition) is 3. The number of nitrogens with zero attached hydrogens (tertiary/aromatic N) is 2. The summed E-state index contributed by atoms with van der Waals surface area (Å²) in [5, 5.41) is 11.5. The van der Waals surface area contributed by atoms with Crippen LogP contribution in [0, 0.1) is 17.1 Å². The van der Waals surface area contributed by atoms with Crippen molar-refractivity contribution in [3.05, 3.63) is 34.6 Å². The second-order valence-electron chi connectivity index (χ2n) is 4.81. The van der Waals surface area contributed by atoms with E-state index in [4.69, 9.17) is 16.9 Å². The first-order chi connectivity index (χ1) is 9.60. The van der Waals surface area contributed by atoms with E-state index < -0.39 is 5.82 Å². The Bertz CT molecular complexity index is 536. The lowest BCUT2D eigenvalue weighted by Gasteiger charge is -2.30. The van der Waals surface area contributed by atoms with E-state index in [1.807, 2.05) is 0 Å². The molecular weight excluding hydrogens is 281 g/mol. The van der Waals surface area contributed by atoms with Crippen molar-refractivity contribution < 1.29 is 9.18 Å². The minimum Gasteiger partial charge on any atom is -0.349 e. The Hall–Kier alpha value is -1.64. The number of carbonyl (C=O) groups is 1. The molecule has 20 heavy (non-hydrogen) atoms. The molecule has 106 valence electrons. The second-order valence-corrected chi connectivity index (χ2v) is 5.22. The Morgan fingerprint density at radius 2 is 2.20 bits per heavy atom. The molecule has 1 N–H and O–H groups in total. The van der Waals surface area contributed by atoms with Crippen LogP contribution >= 0.6 is 11.6 Å². The highest BCUT2D eigenvalue weighted by Crippen LogP contribution is 2.17. The zero-order valence-electron chi connectivity index (χ0n) is 10.9. The first-order valence-corrected chi connectivity index (χ1v) is 6.83. The van der Waals surface area contributed by atoms with E-state index in [9.17, 15) is 9.18 Å². The summed E-state index contributed by atoms with van der Waals surface area (Å²) in [7, 11) is 0. The summed E-state index contributed by atoms with van der Waals surface area (Å²) in [6.07, 6.45) is 1.62. The van der Waals surface area contributed by atoms with E-state index in [1.165, 1.54) is 18.2 Å². The number of benzene rings is 1. The summed E-state index contributed by atoms with van der Waals surface area (Å²) in [5.41, 5.74) is 0.357.